The van der Waals surface area contributed by atoms with Gasteiger partial charge in [-0.3, -0.25) is 4.79 Å². The number of benzene rings is 1. The maximum atomic E-state index is 11.5. The van der Waals surface area contributed by atoms with E-state index >= 15 is 0 Å². The van der Waals surface area contributed by atoms with Crippen LogP contribution in [0, 0.1) is 0 Å². The van der Waals surface area contributed by atoms with E-state index in [0.717, 1.165) is 11.3 Å². The van der Waals surface area contributed by atoms with Gasteiger partial charge in [0.15, 0.2) is 5.78 Å². The van der Waals surface area contributed by atoms with Gasteiger partial charge < -0.3 is 10.1 Å². The summed E-state index contributed by atoms with van der Waals surface area (Å²) in [5, 5.41) is 2.95. The van der Waals surface area contributed by atoms with Gasteiger partial charge in [-0.2, -0.15) is 0 Å². The predicted octanol–water partition coefficient (Wildman–Crippen LogP) is 1.49. The Hall–Kier alpha value is -1.35. The van der Waals surface area contributed by atoms with E-state index in [1.54, 1.807) is 31.4 Å². The second kappa shape index (κ2) is 5.40. The summed E-state index contributed by atoms with van der Waals surface area (Å²) in [6.45, 7) is 0.713. The van der Waals surface area contributed by atoms with Crippen LogP contribution in [0.4, 0.5) is 0 Å². The molecule has 0 saturated heterocycles. The highest BCUT2D eigenvalue weighted by Crippen LogP contribution is 2.12. The van der Waals surface area contributed by atoms with Gasteiger partial charge in [0, 0.05) is 18.5 Å². The zero-order valence-electron chi connectivity index (χ0n) is 8.54. The highest BCUT2D eigenvalue weighted by molar-refractivity contribution is 5.96. The van der Waals surface area contributed by atoms with Crippen LogP contribution in [-0.2, 0) is 0 Å². The molecule has 3 nitrogen and oxygen atoms in total. The van der Waals surface area contributed by atoms with E-state index in [0.29, 0.717) is 13.0 Å². The summed E-state index contributed by atoms with van der Waals surface area (Å²) in [4.78, 5) is 11.5. The minimum absolute atomic E-state index is 0.155. The molecule has 0 radical (unpaired) electrons. The average Bonchev–Trinajstić information content (AvgIpc) is 2.26. The van der Waals surface area contributed by atoms with Crippen LogP contribution >= 0.6 is 0 Å². The number of rotatable bonds is 5. The summed E-state index contributed by atoms with van der Waals surface area (Å²) in [6.07, 6.45) is 0.531. The lowest BCUT2D eigenvalue weighted by molar-refractivity contribution is 0.0983. The Labute approximate surface area is 84.1 Å². The maximum absolute atomic E-state index is 11.5. The van der Waals surface area contributed by atoms with Gasteiger partial charge in [0.25, 0.3) is 0 Å². The van der Waals surface area contributed by atoms with Crippen LogP contribution in [0.15, 0.2) is 24.3 Å². The number of carbonyl (C=O) groups excluding carboxylic acids is 1. The van der Waals surface area contributed by atoms with Gasteiger partial charge in [0.05, 0.1) is 7.11 Å². The van der Waals surface area contributed by atoms with Crippen molar-refractivity contribution >= 4 is 5.78 Å². The zero-order chi connectivity index (χ0) is 10.4. The lowest BCUT2D eigenvalue weighted by atomic mass is 10.1. The molecule has 1 rings (SSSR count). The monoisotopic (exact) mass is 193 g/mol. The minimum atomic E-state index is 0.155. The Morgan fingerprint density at radius 3 is 2.50 bits per heavy atom. The molecule has 76 valence electrons. The van der Waals surface area contributed by atoms with Crippen LogP contribution in [0.25, 0.3) is 0 Å². The molecule has 0 aliphatic heterocycles. The Morgan fingerprint density at radius 2 is 2.00 bits per heavy atom. The molecule has 0 aromatic heterocycles. The van der Waals surface area contributed by atoms with E-state index in [2.05, 4.69) is 5.32 Å². The summed E-state index contributed by atoms with van der Waals surface area (Å²) in [7, 11) is 3.44. The Bertz CT molecular complexity index is 293. The smallest absolute Gasteiger partial charge is 0.164 e. The number of hydrogen-bond acceptors (Lipinski definition) is 3. The third kappa shape index (κ3) is 2.85. The van der Waals surface area contributed by atoms with E-state index in [1.165, 1.54) is 0 Å². The van der Waals surface area contributed by atoms with Crippen molar-refractivity contribution < 1.29 is 9.53 Å². The van der Waals surface area contributed by atoms with E-state index in [9.17, 15) is 4.79 Å². The molecule has 0 aliphatic rings. The molecular weight excluding hydrogens is 178 g/mol. The van der Waals surface area contributed by atoms with Crippen molar-refractivity contribution in [2.45, 2.75) is 6.42 Å². The topological polar surface area (TPSA) is 38.3 Å². The van der Waals surface area contributed by atoms with Crippen molar-refractivity contribution in [3.8, 4) is 5.75 Å². The van der Waals surface area contributed by atoms with Crippen LogP contribution < -0.4 is 10.1 Å². The van der Waals surface area contributed by atoms with Crippen molar-refractivity contribution in [2.24, 2.45) is 0 Å². The predicted molar refractivity (Wildman–Crippen MR) is 55.9 cm³/mol. The van der Waals surface area contributed by atoms with Gasteiger partial charge in [-0.15, -0.1) is 0 Å². The second-order valence-corrected chi connectivity index (χ2v) is 3.01. The van der Waals surface area contributed by atoms with Crippen LogP contribution in [-0.4, -0.2) is 26.5 Å². The largest absolute Gasteiger partial charge is 0.497 e. The molecule has 1 aromatic carbocycles. The van der Waals surface area contributed by atoms with Gasteiger partial charge >= 0.3 is 0 Å². The fourth-order valence-corrected chi connectivity index (χ4v) is 1.16. The van der Waals surface area contributed by atoms with E-state index in [4.69, 9.17) is 4.74 Å². The molecule has 0 heterocycles. The van der Waals surface area contributed by atoms with Crippen molar-refractivity contribution in [1.29, 1.82) is 0 Å². The number of ketones is 1. The lowest BCUT2D eigenvalue weighted by Crippen LogP contribution is -2.12. The Morgan fingerprint density at radius 1 is 1.36 bits per heavy atom. The van der Waals surface area contributed by atoms with Crippen LogP contribution in [0.3, 0.4) is 0 Å². The minimum Gasteiger partial charge on any atom is -0.497 e. The molecule has 1 N–H and O–H groups in total. The molecule has 0 unspecified atom stereocenters. The summed E-state index contributed by atoms with van der Waals surface area (Å²) in [5.74, 6) is 0.928. The van der Waals surface area contributed by atoms with Crippen LogP contribution in [0.5, 0.6) is 5.75 Å². The van der Waals surface area contributed by atoms with Crippen molar-refractivity contribution in [1.82, 2.24) is 5.32 Å². The second-order valence-electron chi connectivity index (χ2n) is 3.01. The molecule has 0 atom stereocenters. The van der Waals surface area contributed by atoms with E-state index in [-0.39, 0.29) is 5.78 Å². The molecule has 0 aliphatic carbocycles. The van der Waals surface area contributed by atoms with Crippen LogP contribution in [0.2, 0.25) is 0 Å². The first-order chi connectivity index (χ1) is 6.77. The van der Waals surface area contributed by atoms with Gasteiger partial charge in [-0.25, -0.2) is 0 Å². The van der Waals surface area contributed by atoms with Gasteiger partial charge in [-0.1, -0.05) is 0 Å². The van der Waals surface area contributed by atoms with E-state index in [1.807, 2.05) is 7.05 Å². The molecular formula is C11H15NO2. The molecule has 3 heteroatoms. The molecule has 0 saturated carbocycles. The van der Waals surface area contributed by atoms with Crippen LogP contribution in [0.1, 0.15) is 16.8 Å². The first-order valence-corrected chi connectivity index (χ1v) is 4.59. The molecule has 0 spiro atoms. The first kappa shape index (κ1) is 10.7. The SMILES string of the molecule is CNCCC(=O)c1ccc(OC)cc1. The molecule has 14 heavy (non-hydrogen) atoms. The van der Waals surface area contributed by atoms with Gasteiger partial charge in [-0.05, 0) is 31.3 Å². The lowest BCUT2D eigenvalue weighted by Gasteiger charge is -2.02. The molecule has 0 bridgehead atoms. The third-order valence-electron chi connectivity index (χ3n) is 2.01. The summed E-state index contributed by atoms with van der Waals surface area (Å²) < 4.78 is 5.01. The zero-order valence-corrected chi connectivity index (χ0v) is 8.54. The third-order valence-corrected chi connectivity index (χ3v) is 2.01. The normalized spacial score (nSPS) is 9.86. The molecule has 1 aromatic rings. The summed E-state index contributed by atoms with van der Waals surface area (Å²) in [6, 6.07) is 7.17. The Balaban J connectivity index is 2.62. The fourth-order valence-electron chi connectivity index (χ4n) is 1.16. The van der Waals surface area contributed by atoms with Crippen molar-refractivity contribution in [2.75, 3.05) is 20.7 Å². The number of Topliss-reactive ketones (excluding diaryl/α,β-unsaturated/α-hetero) is 1. The fraction of sp³-hybridized carbons (Fsp3) is 0.364. The summed E-state index contributed by atoms with van der Waals surface area (Å²) >= 11 is 0. The highest BCUT2D eigenvalue weighted by atomic mass is 16.5. The number of nitrogens with one attached hydrogen (secondary N) is 1. The summed E-state index contributed by atoms with van der Waals surface area (Å²) in [5.41, 5.74) is 0.737. The number of carbonyl (C=O) groups is 1. The number of methoxy groups -OCH3 is 1. The highest BCUT2D eigenvalue weighted by Gasteiger charge is 2.04. The number of hydrogen-bond donors (Lipinski definition) is 1. The van der Waals surface area contributed by atoms with Crippen molar-refractivity contribution in [3.63, 3.8) is 0 Å². The standard InChI is InChI=1S/C11H15NO2/c1-12-8-7-11(13)9-3-5-10(14-2)6-4-9/h3-6,12H,7-8H2,1-2H3. The quantitative estimate of drug-likeness (QED) is 0.720. The average molecular weight is 193 g/mol. The van der Waals surface area contributed by atoms with Gasteiger partial charge in [0.2, 0.25) is 0 Å². The molecule has 0 fully saturated rings. The molecule has 0 amide bonds. The maximum Gasteiger partial charge on any atom is 0.164 e. The van der Waals surface area contributed by atoms with Gasteiger partial charge in [0.1, 0.15) is 5.75 Å². The first-order valence-electron chi connectivity index (χ1n) is 4.59. The van der Waals surface area contributed by atoms with Crippen molar-refractivity contribution in [3.05, 3.63) is 29.8 Å². The van der Waals surface area contributed by atoms with E-state index < -0.39 is 0 Å². The number of ether oxygens (including phenoxy) is 1. The Kier molecular flexibility index (Phi) is 4.13.